The summed E-state index contributed by atoms with van der Waals surface area (Å²) in [5.41, 5.74) is 5.34. The minimum Gasteiger partial charge on any atom is -0.381 e. The number of carbonyl (C=O) groups is 1. The van der Waals surface area contributed by atoms with Crippen LogP contribution in [-0.2, 0) is 4.74 Å². The second-order valence-electron chi connectivity index (χ2n) is 7.77. The fourth-order valence-electron chi connectivity index (χ4n) is 2.84. The Kier molecular flexibility index (Phi) is 15.4. The van der Waals surface area contributed by atoms with Gasteiger partial charge < -0.3 is 10.1 Å². The maximum absolute atomic E-state index is 11.7. The zero-order chi connectivity index (χ0) is 21.2. The number of aromatic nitrogens is 2. The third-order valence-corrected chi connectivity index (χ3v) is 5.28. The van der Waals surface area contributed by atoms with E-state index < -0.39 is 0 Å². The summed E-state index contributed by atoms with van der Waals surface area (Å²) >= 11 is 1.23. The number of nitrogens with one attached hydrogen (secondary N) is 3. The summed E-state index contributed by atoms with van der Waals surface area (Å²) in [5.74, 6) is 1.05. The van der Waals surface area contributed by atoms with Gasteiger partial charge in [0.25, 0.3) is 0 Å². The average Bonchev–Trinajstić information content (AvgIpc) is 3.19. The summed E-state index contributed by atoms with van der Waals surface area (Å²) in [6.07, 6.45) is 14.2. The number of anilines is 1. The molecule has 0 aliphatic carbocycles. The highest BCUT2D eigenvalue weighted by atomic mass is 32.1. The van der Waals surface area contributed by atoms with Crippen molar-refractivity contribution in [3.05, 3.63) is 5.82 Å². The van der Waals surface area contributed by atoms with E-state index in [9.17, 15) is 4.79 Å². The van der Waals surface area contributed by atoms with Crippen LogP contribution in [-0.4, -0.2) is 35.1 Å². The van der Waals surface area contributed by atoms with Crippen LogP contribution < -0.4 is 16.2 Å². The third-order valence-electron chi connectivity index (χ3n) is 4.63. The summed E-state index contributed by atoms with van der Waals surface area (Å²) in [6, 6.07) is -0.277. The van der Waals surface area contributed by atoms with Crippen molar-refractivity contribution in [2.24, 2.45) is 0 Å². The van der Waals surface area contributed by atoms with E-state index in [1.807, 2.05) is 13.8 Å². The van der Waals surface area contributed by atoms with Crippen LogP contribution in [0.15, 0.2) is 0 Å². The van der Waals surface area contributed by atoms with E-state index in [1.165, 1.54) is 69.3 Å². The Morgan fingerprint density at radius 1 is 0.966 bits per heavy atom. The molecule has 0 fully saturated rings. The highest BCUT2D eigenvalue weighted by molar-refractivity contribution is 7.09. The Labute approximate surface area is 180 Å². The van der Waals surface area contributed by atoms with Gasteiger partial charge in [-0.15, -0.1) is 0 Å². The summed E-state index contributed by atoms with van der Waals surface area (Å²) in [7, 11) is 0. The molecular weight excluding hydrogens is 386 g/mol. The minimum absolute atomic E-state index is 0.274. The average molecular weight is 428 g/mol. The van der Waals surface area contributed by atoms with Gasteiger partial charge in [-0.3, -0.25) is 5.43 Å². The van der Waals surface area contributed by atoms with Gasteiger partial charge in [0.1, 0.15) is 5.82 Å². The molecule has 168 valence electrons. The summed E-state index contributed by atoms with van der Waals surface area (Å²) in [4.78, 5) is 16.0. The second-order valence-corrected chi connectivity index (χ2v) is 8.52. The molecule has 0 saturated heterocycles. The quantitative estimate of drug-likeness (QED) is 0.209. The lowest BCUT2D eigenvalue weighted by molar-refractivity contribution is 0.127. The zero-order valence-corrected chi connectivity index (χ0v) is 19.4. The van der Waals surface area contributed by atoms with Crippen molar-refractivity contribution < 1.29 is 9.53 Å². The zero-order valence-electron chi connectivity index (χ0n) is 18.6. The molecule has 2 amide bonds. The lowest BCUT2D eigenvalue weighted by Gasteiger charge is -2.08. The van der Waals surface area contributed by atoms with Crippen LogP contribution >= 0.6 is 11.5 Å². The molecule has 1 rings (SSSR count). The first-order valence-electron chi connectivity index (χ1n) is 11.3. The van der Waals surface area contributed by atoms with Crippen LogP contribution in [0, 0.1) is 0 Å². The molecule has 0 saturated carbocycles. The lowest BCUT2D eigenvalue weighted by Crippen LogP contribution is -2.39. The van der Waals surface area contributed by atoms with Gasteiger partial charge in [-0.2, -0.15) is 4.37 Å². The number of unbranched alkanes of at least 4 members (excludes halogenated alkanes) is 9. The SMILES string of the molecule is CCCCCCCCCCCCOCCCNC(=O)NNc1nc(C(C)C)ns1. The van der Waals surface area contributed by atoms with E-state index in [4.69, 9.17) is 4.74 Å². The predicted molar refractivity (Wildman–Crippen MR) is 121 cm³/mol. The molecule has 8 heteroatoms. The number of urea groups is 1. The highest BCUT2D eigenvalue weighted by Gasteiger charge is 2.08. The third kappa shape index (κ3) is 14.3. The molecule has 1 aromatic heterocycles. The van der Waals surface area contributed by atoms with Crippen molar-refractivity contribution in [2.45, 2.75) is 97.3 Å². The topological polar surface area (TPSA) is 88.2 Å². The van der Waals surface area contributed by atoms with Crippen molar-refractivity contribution in [1.29, 1.82) is 0 Å². The van der Waals surface area contributed by atoms with E-state index in [2.05, 4.69) is 32.4 Å². The largest absolute Gasteiger partial charge is 0.381 e. The molecule has 0 radical (unpaired) electrons. The van der Waals surface area contributed by atoms with Crippen LogP contribution in [0.2, 0.25) is 0 Å². The van der Waals surface area contributed by atoms with Crippen LogP contribution in [0.4, 0.5) is 9.93 Å². The molecule has 0 aromatic carbocycles. The first-order chi connectivity index (χ1) is 14.1. The van der Waals surface area contributed by atoms with Gasteiger partial charge in [-0.05, 0) is 12.8 Å². The first-order valence-corrected chi connectivity index (χ1v) is 12.1. The Morgan fingerprint density at radius 3 is 2.21 bits per heavy atom. The number of rotatable bonds is 18. The molecule has 0 atom stereocenters. The van der Waals surface area contributed by atoms with Crippen molar-refractivity contribution in [2.75, 3.05) is 25.2 Å². The molecule has 7 nitrogen and oxygen atoms in total. The molecule has 3 N–H and O–H groups in total. The van der Waals surface area contributed by atoms with Crippen molar-refractivity contribution in [1.82, 2.24) is 20.1 Å². The van der Waals surface area contributed by atoms with Gasteiger partial charge in [0.15, 0.2) is 0 Å². The fourth-order valence-corrected chi connectivity index (χ4v) is 3.51. The maximum atomic E-state index is 11.7. The maximum Gasteiger partial charge on any atom is 0.333 e. The fraction of sp³-hybridized carbons (Fsp3) is 0.857. The van der Waals surface area contributed by atoms with E-state index in [0.717, 1.165) is 25.3 Å². The standard InChI is InChI=1S/C21H41N5O2S/c1-4-5-6-7-8-9-10-11-12-13-16-28-17-14-15-22-20(27)24-25-21-23-19(18(2)3)26-29-21/h18H,4-17H2,1-3H3,(H2,22,24,27)(H,23,25,26). The molecule has 1 aromatic rings. The van der Waals surface area contributed by atoms with E-state index >= 15 is 0 Å². The molecular formula is C21H41N5O2S. The predicted octanol–water partition coefficient (Wildman–Crippen LogP) is 5.62. The number of nitrogens with zero attached hydrogens (tertiary/aromatic N) is 2. The lowest BCUT2D eigenvalue weighted by atomic mass is 10.1. The van der Waals surface area contributed by atoms with Gasteiger partial charge in [0.2, 0.25) is 5.13 Å². The van der Waals surface area contributed by atoms with Gasteiger partial charge in [0.05, 0.1) is 0 Å². The van der Waals surface area contributed by atoms with Gasteiger partial charge in [-0.1, -0.05) is 78.6 Å². The summed E-state index contributed by atoms with van der Waals surface area (Å²) < 4.78 is 9.86. The smallest absolute Gasteiger partial charge is 0.333 e. The van der Waals surface area contributed by atoms with E-state index in [-0.39, 0.29) is 11.9 Å². The van der Waals surface area contributed by atoms with Gasteiger partial charge in [0, 0.05) is 37.2 Å². The van der Waals surface area contributed by atoms with Crippen molar-refractivity contribution in [3.8, 4) is 0 Å². The Hall–Kier alpha value is -1.41. The minimum atomic E-state index is -0.277. The van der Waals surface area contributed by atoms with Crippen molar-refractivity contribution >= 4 is 22.7 Å². The van der Waals surface area contributed by atoms with Crippen LogP contribution in [0.3, 0.4) is 0 Å². The van der Waals surface area contributed by atoms with Crippen molar-refractivity contribution in [3.63, 3.8) is 0 Å². The van der Waals surface area contributed by atoms with Gasteiger partial charge >= 0.3 is 6.03 Å². The number of hydrogen-bond donors (Lipinski definition) is 3. The summed E-state index contributed by atoms with van der Waals surface area (Å²) in [6.45, 7) is 8.41. The Bertz CT molecular complexity index is 525. The van der Waals surface area contributed by atoms with Gasteiger partial charge in [-0.25, -0.2) is 15.2 Å². The molecule has 29 heavy (non-hydrogen) atoms. The Balaban J connectivity index is 1.82. The monoisotopic (exact) mass is 427 g/mol. The van der Waals surface area contributed by atoms with Crippen LogP contribution in [0.5, 0.6) is 0 Å². The van der Waals surface area contributed by atoms with Crippen LogP contribution in [0.25, 0.3) is 0 Å². The molecule has 0 aliphatic rings. The van der Waals surface area contributed by atoms with E-state index in [1.54, 1.807) is 0 Å². The van der Waals surface area contributed by atoms with Crippen LogP contribution in [0.1, 0.15) is 103 Å². The highest BCUT2D eigenvalue weighted by Crippen LogP contribution is 2.16. The van der Waals surface area contributed by atoms with E-state index in [0.29, 0.717) is 18.3 Å². The number of ether oxygens (including phenoxy) is 1. The number of hydrogen-bond acceptors (Lipinski definition) is 6. The second kappa shape index (κ2) is 17.4. The first kappa shape index (κ1) is 25.6. The number of amides is 2. The normalized spacial score (nSPS) is 11.0. The summed E-state index contributed by atoms with van der Waals surface area (Å²) in [5, 5.41) is 3.38. The molecule has 0 aliphatic heterocycles. The number of hydrazine groups is 1. The molecule has 0 spiro atoms. The Morgan fingerprint density at radius 2 is 1.59 bits per heavy atom. The molecule has 1 heterocycles. The molecule has 0 bridgehead atoms. The number of carbonyl (C=O) groups excluding carboxylic acids is 1. The molecule has 0 unspecified atom stereocenters.